The Labute approximate surface area is 121 Å². The Hall–Kier alpha value is -1.97. The molecule has 0 aromatic heterocycles. The molecule has 0 radical (unpaired) electrons. The molecule has 0 amide bonds. The molecule has 1 unspecified atom stereocenters. The van der Waals surface area contributed by atoms with Crippen molar-refractivity contribution in [3.8, 4) is 0 Å². The molecule has 0 spiro atoms. The molecule has 1 rings (SSSR count). The number of aliphatic hydroxyl groups excluding tert-OH is 1. The van der Waals surface area contributed by atoms with E-state index in [-0.39, 0.29) is 10.5 Å². The maximum atomic E-state index is 11.9. The largest absolute Gasteiger partial charge is 0.467 e. The van der Waals surface area contributed by atoms with Crippen molar-refractivity contribution in [2.45, 2.75) is 11.0 Å². The van der Waals surface area contributed by atoms with Crippen LogP contribution in [-0.4, -0.2) is 52.3 Å². The van der Waals surface area contributed by atoms with E-state index in [2.05, 4.69) is 14.2 Å². The molecule has 0 heterocycles. The molecule has 0 saturated heterocycles. The van der Waals surface area contributed by atoms with Crippen LogP contribution < -0.4 is 4.72 Å². The molecule has 8 nitrogen and oxygen atoms in total. The fraction of sp³-hybridized carbons (Fsp3) is 0.333. The molecule has 1 atom stereocenters. The van der Waals surface area contributed by atoms with Gasteiger partial charge < -0.3 is 14.6 Å². The summed E-state index contributed by atoms with van der Waals surface area (Å²) in [7, 11) is -1.63. The molecule has 0 aliphatic heterocycles. The number of esters is 2. The Bertz CT molecular complexity index is 609. The monoisotopic (exact) mass is 317 g/mol. The number of hydrogen-bond acceptors (Lipinski definition) is 7. The van der Waals surface area contributed by atoms with Crippen molar-refractivity contribution in [3.05, 3.63) is 29.8 Å². The summed E-state index contributed by atoms with van der Waals surface area (Å²) in [5, 5.41) is 9.31. The average molecular weight is 317 g/mol. The van der Waals surface area contributed by atoms with E-state index in [1.54, 1.807) is 0 Å². The molecule has 0 aliphatic rings. The number of rotatable bonds is 6. The number of hydrogen-bond donors (Lipinski definition) is 2. The molecule has 116 valence electrons. The molecule has 0 bridgehead atoms. The standard InChI is InChI=1S/C12H15NO7S/c1-19-11(15)8-3-5-9(6-4-8)21(17,18)13-7-10(14)12(16)20-2/h3-6,10,13-14H,7H2,1-2H3. The Morgan fingerprint density at radius 3 is 2.24 bits per heavy atom. The van der Waals surface area contributed by atoms with Crippen LogP contribution in [0.25, 0.3) is 0 Å². The first kappa shape index (κ1) is 17.1. The number of nitrogens with one attached hydrogen (secondary N) is 1. The first-order valence-electron chi connectivity index (χ1n) is 5.75. The molecule has 1 aromatic carbocycles. The van der Waals surface area contributed by atoms with Crippen molar-refractivity contribution in [2.24, 2.45) is 0 Å². The number of aliphatic hydroxyl groups is 1. The number of carbonyl (C=O) groups is 2. The van der Waals surface area contributed by atoms with Gasteiger partial charge in [-0.1, -0.05) is 0 Å². The van der Waals surface area contributed by atoms with E-state index < -0.39 is 34.6 Å². The smallest absolute Gasteiger partial charge is 0.337 e. The van der Waals surface area contributed by atoms with Crippen molar-refractivity contribution in [1.29, 1.82) is 0 Å². The summed E-state index contributed by atoms with van der Waals surface area (Å²) in [4.78, 5) is 22.1. The van der Waals surface area contributed by atoms with Crippen molar-refractivity contribution in [3.63, 3.8) is 0 Å². The lowest BCUT2D eigenvalue weighted by atomic mass is 10.2. The molecule has 0 aliphatic carbocycles. The van der Waals surface area contributed by atoms with Crippen LogP contribution in [0.4, 0.5) is 0 Å². The molecule has 21 heavy (non-hydrogen) atoms. The predicted molar refractivity (Wildman–Crippen MR) is 71.0 cm³/mol. The fourth-order valence-corrected chi connectivity index (χ4v) is 2.42. The third-order valence-electron chi connectivity index (χ3n) is 2.53. The second-order valence-corrected chi connectivity index (χ2v) is 5.67. The van der Waals surface area contributed by atoms with Crippen LogP contribution in [-0.2, 0) is 24.3 Å². The van der Waals surface area contributed by atoms with Gasteiger partial charge in [-0.3, -0.25) is 0 Å². The van der Waals surface area contributed by atoms with E-state index in [0.29, 0.717) is 0 Å². The third-order valence-corrected chi connectivity index (χ3v) is 3.97. The van der Waals surface area contributed by atoms with Crippen LogP contribution in [0.3, 0.4) is 0 Å². The molecule has 2 N–H and O–H groups in total. The van der Waals surface area contributed by atoms with E-state index in [4.69, 9.17) is 0 Å². The lowest BCUT2D eigenvalue weighted by molar-refractivity contribution is -0.149. The predicted octanol–water partition coefficient (Wildman–Crippen LogP) is -0.715. The van der Waals surface area contributed by atoms with Gasteiger partial charge in [-0.2, -0.15) is 0 Å². The number of sulfonamides is 1. The highest BCUT2D eigenvalue weighted by Gasteiger charge is 2.20. The Morgan fingerprint density at radius 1 is 1.19 bits per heavy atom. The zero-order valence-electron chi connectivity index (χ0n) is 11.4. The number of methoxy groups -OCH3 is 2. The van der Waals surface area contributed by atoms with Gasteiger partial charge in [-0.15, -0.1) is 0 Å². The van der Waals surface area contributed by atoms with Gasteiger partial charge in [0, 0.05) is 6.54 Å². The van der Waals surface area contributed by atoms with E-state index in [1.165, 1.54) is 31.4 Å². The van der Waals surface area contributed by atoms with Gasteiger partial charge in [-0.25, -0.2) is 22.7 Å². The Balaban J connectivity index is 2.79. The van der Waals surface area contributed by atoms with E-state index in [0.717, 1.165) is 7.11 Å². The highest BCUT2D eigenvalue weighted by atomic mass is 32.2. The van der Waals surface area contributed by atoms with Crippen molar-refractivity contribution in [1.82, 2.24) is 4.72 Å². The first-order valence-corrected chi connectivity index (χ1v) is 7.24. The van der Waals surface area contributed by atoms with Crippen molar-refractivity contribution in [2.75, 3.05) is 20.8 Å². The highest BCUT2D eigenvalue weighted by molar-refractivity contribution is 7.89. The molecule has 1 aromatic rings. The highest BCUT2D eigenvalue weighted by Crippen LogP contribution is 2.11. The minimum absolute atomic E-state index is 0.118. The summed E-state index contributed by atoms with van der Waals surface area (Å²) in [6.45, 7) is -0.520. The first-order chi connectivity index (χ1) is 9.81. The summed E-state index contributed by atoms with van der Waals surface area (Å²) in [5.74, 6) is -1.54. The van der Waals surface area contributed by atoms with Crippen LogP contribution in [0.15, 0.2) is 29.2 Å². The Kier molecular flexibility index (Phi) is 5.82. The minimum atomic E-state index is -3.92. The zero-order valence-corrected chi connectivity index (χ0v) is 12.2. The van der Waals surface area contributed by atoms with E-state index >= 15 is 0 Å². The molecule has 0 fully saturated rings. The van der Waals surface area contributed by atoms with Crippen molar-refractivity contribution >= 4 is 22.0 Å². The van der Waals surface area contributed by atoms with Gasteiger partial charge in [0.25, 0.3) is 0 Å². The van der Waals surface area contributed by atoms with Gasteiger partial charge in [0.2, 0.25) is 10.0 Å². The third kappa shape index (κ3) is 4.52. The SMILES string of the molecule is COC(=O)c1ccc(S(=O)(=O)NCC(O)C(=O)OC)cc1. The van der Waals surface area contributed by atoms with Gasteiger partial charge in [0.1, 0.15) is 0 Å². The van der Waals surface area contributed by atoms with Crippen LogP contribution >= 0.6 is 0 Å². The van der Waals surface area contributed by atoms with Crippen LogP contribution in [0, 0.1) is 0 Å². The van der Waals surface area contributed by atoms with E-state index in [1.807, 2.05) is 0 Å². The maximum Gasteiger partial charge on any atom is 0.337 e. The summed E-state index contributed by atoms with van der Waals surface area (Å²) < 4.78 is 34.6. The normalized spacial score (nSPS) is 12.5. The van der Waals surface area contributed by atoms with Crippen LogP contribution in [0.2, 0.25) is 0 Å². The quantitative estimate of drug-likeness (QED) is 0.665. The summed E-state index contributed by atoms with van der Waals surface area (Å²) >= 11 is 0. The zero-order chi connectivity index (χ0) is 16.0. The number of benzene rings is 1. The molecule has 9 heteroatoms. The number of ether oxygens (including phenoxy) is 2. The lowest BCUT2D eigenvalue weighted by Crippen LogP contribution is -2.37. The van der Waals surface area contributed by atoms with E-state index in [9.17, 15) is 23.1 Å². The Morgan fingerprint density at radius 2 is 1.76 bits per heavy atom. The number of carbonyl (C=O) groups excluding carboxylic acids is 2. The van der Waals surface area contributed by atoms with Crippen LogP contribution in [0.5, 0.6) is 0 Å². The lowest BCUT2D eigenvalue weighted by Gasteiger charge is -2.10. The second kappa shape index (κ2) is 7.16. The summed E-state index contributed by atoms with van der Waals surface area (Å²) in [6.07, 6.45) is -1.60. The molecular formula is C12H15NO7S. The fourth-order valence-electron chi connectivity index (χ4n) is 1.38. The maximum absolute atomic E-state index is 11.9. The van der Waals surface area contributed by atoms with Gasteiger partial charge >= 0.3 is 11.9 Å². The summed E-state index contributed by atoms with van der Waals surface area (Å²) in [5.41, 5.74) is 0.200. The topological polar surface area (TPSA) is 119 Å². The van der Waals surface area contributed by atoms with Gasteiger partial charge in [0.15, 0.2) is 6.10 Å². The van der Waals surface area contributed by atoms with Crippen molar-refractivity contribution < 1.29 is 32.6 Å². The molecule has 0 saturated carbocycles. The van der Waals surface area contributed by atoms with Gasteiger partial charge in [-0.05, 0) is 24.3 Å². The second-order valence-electron chi connectivity index (χ2n) is 3.91. The van der Waals surface area contributed by atoms with Gasteiger partial charge in [0.05, 0.1) is 24.7 Å². The molecular weight excluding hydrogens is 302 g/mol. The minimum Gasteiger partial charge on any atom is -0.467 e. The average Bonchev–Trinajstić information content (AvgIpc) is 2.51. The summed E-state index contributed by atoms with van der Waals surface area (Å²) in [6, 6.07) is 4.99. The van der Waals surface area contributed by atoms with Crippen LogP contribution in [0.1, 0.15) is 10.4 Å².